The summed E-state index contributed by atoms with van der Waals surface area (Å²) in [5.41, 5.74) is 0.728. The van der Waals surface area contributed by atoms with Gasteiger partial charge in [0.25, 0.3) is 5.91 Å². The molecule has 0 radical (unpaired) electrons. The predicted octanol–water partition coefficient (Wildman–Crippen LogP) is 4.23. The fourth-order valence-electron chi connectivity index (χ4n) is 3.84. The summed E-state index contributed by atoms with van der Waals surface area (Å²) in [6.07, 6.45) is 2.90. The van der Waals surface area contributed by atoms with Crippen LogP contribution >= 0.6 is 0 Å². The number of ether oxygens (including phenoxy) is 1. The van der Waals surface area contributed by atoms with Gasteiger partial charge in [-0.2, -0.15) is 0 Å². The molecular formula is C21H28N2O3. The molecule has 1 aliphatic heterocycles. The smallest absolute Gasteiger partial charge is 0.276 e. The normalized spacial score (nSPS) is 20.9. The summed E-state index contributed by atoms with van der Waals surface area (Å²) in [5, 5.41) is 0. The van der Waals surface area contributed by atoms with Crippen LogP contribution in [0.4, 0.5) is 0 Å². The zero-order valence-electron chi connectivity index (χ0n) is 16.3. The molecule has 0 saturated carbocycles. The first-order chi connectivity index (χ1) is 12.2. The lowest BCUT2D eigenvalue weighted by Crippen LogP contribution is -2.49. The topological polar surface area (TPSA) is 55.6 Å². The van der Waals surface area contributed by atoms with E-state index in [1.54, 1.807) is 0 Å². The molecule has 0 aliphatic carbocycles. The van der Waals surface area contributed by atoms with Crippen molar-refractivity contribution in [3.05, 3.63) is 53.7 Å². The van der Waals surface area contributed by atoms with Crippen molar-refractivity contribution in [3.8, 4) is 0 Å². The minimum Gasteiger partial charge on any atom is -0.448 e. The molecule has 1 fully saturated rings. The molecule has 5 heteroatoms. The van der Waals surface area contributed by atoms with Crippen LogP contribution in [0.5, 0.6) is 0 Å². The zero-order chi connectivity index (χ0) is 18.9. The Morgan fingerprint density at radius 1 is 1.23 bits per heavy atom. The van der Waals surface area contributed by atoms with E-state index in [2.05, 4.69) is 32.7 Å². The third kappa shape index (κ3) is 3.83. The largest absolute Gasteiger partial charge is 0.448 e. The average molecular weight is 356 g/mol. The predicted molar refractivity (Wildman–Crippen MR) is 99.8 cm³/mol. The van der Waals surface area contributed by atoms with Gasteiger partial charge in [0.1, 0.15) is 6.26 Å². The number of rotatable bonds is 5. The number of benzene rings is 1. The van der Waals surface area contributed by atoms with Gasteiger partial charge in [-0.15, -0.1) is 0 Å². The first kappa shape index (κ1) is 18.6. The van der Waals surface area contributed by atoms with E-state index in [0.717, 1.165) is 12.0 Å². The number of hydrogen-bond donors (Lipinski definition) is 0. The third-order valence-electron chi connectivity index (χ3n) is 4.93. The SMILES string of the molecule is CCc1nc(C(=O)N(Cc2ccccc2)C2CC(C)(C)OC2(C)C)co1. The molecule has 1 aliphatic rings. The highest BCUT2D eigenvalue weighted by Crippen LogP contribution is 2.41. The highest BCUT2D eigenvalue weighted by atomic mass is 16.5. The maximum absolute atomic E-state index is 13.3. The molecule has 1 aromatic heterocycles. The molecule has 140 valence electrons. The summed E-state index contributed by atoms with van der Waals surface area (Å²) in [6, 6.07) is 9.98. The Kier molecular flexibility index (Phi) is 4.93. The third-order valence-corrected chi connectivity index (χ3v) is 4.93. The number of amides is 1. The molecule has 3 rings (SSSR count). The van der Waals surface area contributed by atoms with E-state index in [1.165, 1.54) is 6.26 Å². The molecule has 1 aromatic carbocycles. The van der Waals surface area contributed by atoms with Crippen molar-refractivity contribution in [2.24, 2.45) is 0 Å². The van der Waals surface area contributed by atoms with Gasteiger partial charge in [-0.1, -0.05) is 37.3 Å². The van der Waals surface area contributed by atoms with Gasteiger partial charge in [-0.25, -0.2) is 4.98 Å². The minimum absolute atomic E-state index is 0.0491. The number of oxazole rings is 1. The van der Waals surface area contributed by atoms with Crippen LogP contribution in [0.3, 0.4) is 0 Å². The van der Waals surface area contributed by atoms with Crippen molar-refractivity contribution in [1.29, 1.82) is 0 Å². The Balaban J connectivity index is 1.95. The molecule has 1 unspecified atom stereocenters. The van der Waals surface area contributed by atoms with Crippen molar-refractivity contribution in [2.45, 2.75) is 71.2 Å². The number of carbonyl (C=O) groups excluding carboxylic acids is 1. The summed E-state index contributed by atoms with van der Waals surface area (Å²) in [6.45, 7) is 10.7. The second-order valence-corrected chi connectivity index (χ2v) is 8.08. The first-order valence-corrected chi connectivity index (χ1v) is 9.21. The van der Waals surface area contributed by atoms with Crippen LogP contribution in [0.2, 0.25) is 0 Å². The number of carbonyl (C=O) groups is 1. The molecule has 1 amide bonds. The minimum atomic E-state index is -0.439. The van der Waals surface area contributed by atoms with Gasteiger partial charge in [0.15, 0.2) is 11.6 Å². The maximum atomic E-state index is 13.3. The van der Waals surface area contributed by atoms with E-state index < -0.39 is 5.60 Å². The van der Waals surface area contributed by atoms with Crippen LogP contribution in [0.25, 0.3) is 0 Å². The fraction of sp³-hybridized carbons (Fsp3) is 0.524. The fourth-order valence-corrected chi connectivity index (χ4v) is 3.84. The monoisotopic (exact) mass is 356 g/mol. The molecule has 26 heavy (non-hydrogen) atoms. The van der Waals surface area contributed by atoms with Crippen molar-refractivity contribution in [1.82, 2.24) is 9.88 Å². The van der Waals surface area contributed by atoms with Crippen LogP contribution in [0, 0.1) is 0 Å². The molecule has 2 aromatic rings. The van der Waals surface area contributed by atoms with Crippen LogP contribution in [0.15, 0.2) is 41.0 Å². The Labute approximate surface area is 155 Å². The molecule has 0 N–H and O–H groups in total. The first-order valence-electron chi connectivity index (χ1n) is 9.21. The lowest BCUT2D eigenvalue weighted by molar-refractivity contribution is -0.0785. The van der Waals surface area contributed by atoms with Gasteiger partial charge < -0.3 is 14.1 Å². The van der Waals surface area contributed by atoms with E-state index >= 15 is 0 Å². The Hall–Kier alpha value is -2.14. The van der Waals surface area contributed by atoms with Crippen molar-refractivity contribution < 1.29 is 13.9 Å². The maximum Gasteiger partial charge on any atom is 0.276 e. The van der Waals surface area contributed by atoms with Crippen molar-refractivity contribution >= 4 is 5.91 Å². The molecule has 5 nitrogen and oxygen atoms in total. The van der Waals surface area contributed by atoms with Gasteiger partial charge in [0.2, 0.25) is 0 Å². The van der Waals surface area contributed by atoms with E-state index in [-0.39, 0.29) is 17.6 Å². The lowest BCUT2D eigenvalue weighted by atomic mass is 9.92. The second kappa shape index (κ2) is 6.88. The van der Waals surface area contributed by atoms with Crippen LogP contribution in [0.1, 0.15) is 63.0 Å². The Bertz CT molecular complexity index is 765. The highest BCUT2D eigenvalue weighted by Gasteiger charge is 2.50. The summed E-state index contributed by atoms with van der Waals surface area (Å²) < 4.78 is 11.6. The Morgan fingerprint density at radius 2 is 1.92 bits per heavy atom. The van der Waals surface area contributed by atoms with Gasteiger partial charge in [0.05, 0.1) is 17.2 Å². The number of aryl methyl sites for hydroxylation is 1. The number of aromatic nitrogens is 1. The van der Waals surface area contributed by atoms with Crippen LogP contribution in [-0.2, 0) is 17.7 Å². The average Bonchev–Trinajstić information content (AvgIpc) is 3.14. The summed E-state index contributed by atoms with van der Waals surface area (Å²) in [7, 11) is 0. The van der Waals surface area contributed by atoms with Crippen LogP contribution in [-0.4, -0.2) is 33.0 Å². The van der Waals surface area contributed by atoms with Gasteiger partial charge in [-0.05, 0) is 39.7 Å². The highest BCUT2D eigenvalue weighted by molar-refractivity contribution is 5.92. The van der Waals surface area contributed by atoms with Crippen molar-refractivity contribution in [2.75, 3.05) is 0 Å². The van der Waals surface area contributed by atoms with E-state index in [4.69, 9.17) is 9.15 Å². The summed E-state index contributed by atoms with van der Waals surface area (Å²) in [5.74, 6) is 0.465. The van der Waals surface area contributed by atoms with Crippen LogP contribution < -0.4 is 0 Å². The molecular weight excluding hydrogens is 328 g/mol. The molecule has 0 spiro atoms. The molecule has 1 saturated heterocycles. The van der Waals surface area contributed by atoms with Gasteiger partial charge >= 0.3 is 0 Å². The lowest BCUT2D eigenvalue weighted by Gasteiger charge is -2.36. The second-order valence-electron chi connectivity index (χ2n) is 8.08. The van der Waals surface area contributed by atoms with E-state index in [0.29, 0.717) is 24.6 Å². The van der Waals surface area contributed by atoms with Gasteiger partial charge in [-0.3, -0.25) is 4.79 Å². The molecule has 1 atom stereocenters. The quantitative estimate of drug-likeness (QED) is 0.805. The van der Waals surface area contributed by atoms with E-state index in [9.17, 15) is 4.79 Å². The number of hydrogen-bond acceptors (Lipinski definition) is 4. The van der Waals surface area contributed by atoms with E-state index in [1.807, 2.05) is 42.2 Å². The zero-order valence-corrected chi connectivity index (χ0v) is 16.3. The standard InChI is InChI=1S/C21H28N2O3/c1-6-18-22-16(14-25-18)19(24)23(13-15-10-8-7-9-11-15)17-12-20(2,3)26-21(17,4)5/h7-11,14,17H,6,12-13H2,1-5H3. The molecule has 2 heterocycles. The Morgan fingerprint density at radius 3 is 2.46 bits per heavy atom. The van der Waals surface area contributed by atoms with Crippen molar-refractivity contribution in [3.63, 3.8) is 0 Å². The number of nitrogens with zero attached hydrogens (tertiary/aromatic N) is 2. The van der Waals surface area contributed by atoms with Gasteiger partial charge in [0, 0.05) is 13.0 Å². The molecule has 0 bridgehead atoms. The summed E-state index contributed by atoms with van der Waals surface area (Å²) >= 11 is 0. The summed E-state index contributed by atoms with van der Waals surface area (Å²) in [4.78, 5) is 19.6.